The summed E-state index contributed by atoms with van der Waals surface area (Å²) in [6.07, 6.45) is 1.00. The highest BCUT2D eigenvalue weighted by atomic mass is 16.4. The molecule has 0 aromatic rings. The zero-order valence-electron chi connectivity index (χ0n) is 27.6. The van der Waals surface area contributed by atoms with Crippen molar-refractivity contribution in [2.24, 2.45) is 27.9 Å². The molecule has 0 radical (unpaired) electrons. The number of aliphatic hydroxyl groups is 1. The van der Waals surface area contributed by atoms with Gasteiger partial charge in [0.15, 0.2) is 5.96 Å². The summed E-state index contributed by atoms with van der Waals surface area (Å²) in [7, 11) is 0. The molecule has 16 N–H and O–H groups in total. The van der Waals surface area contributed by atoms with Crippen LogP contribution < -0.4 is 49.5 Å². The summed E-state index contributed by atoms with van der Waals surface area (Å²) in [6.45, 7) is -1.61. The maximum Gasteiger partial charge on any atom is 0.326 e. The third kappa shape index (κ3) is 15.4. The summed E-state index contributed by atoms with van der Waals surface area (Å²) in [5.41, 5.74) is 21.3. The number of nitrogens with two attached hydrogens (primary N) is 4. The monoisotopic (exact) mass is 715 g/mol. The van der Waals surface area contributed by atoms with E-state index in [1.165, 1.54) is 0 Å². The predicted octanol–water partition coefficient (Wildman–Crippen LogP) is -6.27. The van der Waals surface area contributed by atoms with Crippen LogP contribution in [0.25, 0.3) is 0 Å². The van der Waals surface area contributed by atoms with Gasteiger partial charge in [-0.2, -0.15) is 0 Å². The largest absolute Gasteiger partial charge is 0.481 e. The number of nitrogens with zero attached hydrogens (tertiary/aromatic N) is 2. The topological polar surface area (TPSA) is 377 Å². The Balaban J connectivity index is 2.91. The number of aliphatic imine (C=N–C) groups is 1. The molecule has 0 aromatic carbocycles. The third-order valence-electron chi connectivity index (χ3n) is 7.43. The predicted molar refractivity (Wildman–Crippen MR) is 174 cm³/mol. The minimum absolute atomic E-state index is 0.0458. The first-order valence-electron chi connectivity index (χ1n) is 15.9. The molecule has 1 saturated heterocycles. The van der Waals surface area contributed by atoms with E-state index in [1.807, 2.05) is 0 Å². The van der Waals surface area contributed by atoms with Gasteiger partial charge in [-0.25, -0.2) is 4.79 Å². The van der Waals surface area contributed by atoms with Crippen molar-refractivity contribution in [3.05, 3.63) is 0 Å². The van der Waals surface area contributed by atoms with Crippen molar-refractivity contribution < 1.29 is 53.7 Å². The van der Waals surface area contributed by atoms with Crippen molar-refractivity contribution in [1.82, 2.24) is 31.5 Å². The van der Waals surface area contributed by atoms with Crippen molar-refractivity contribution in [1.29, 1.82) is 0 Å². The maximum atomic E-state index is 13.3. The van der Waals surface area contributed by atoms with Crippen LogP contribution in [0.1, 0.15) is 51.4 Å². The van der Waals surface area contributed by atoms with Crippen molar-refractivity contribution in [2.75, 3.05) is 39.3 Å². The van der Waals surface area contributed by atoms with Crippen molar-refractivity contribution in [2.45, 2.75) is 81.6 Å². The highest BCUT2D eigenvalue weighted by Gasteiger charge is 2.39. The number of unbranched alkanes of at least 4 members (excludes halogenated alkanes) is 1. The molecule has 1 aliphatic heterocycles. The minimum atomic E-state index is -1.77. The summed E-state index contributed by atoms with van der Waals surface area (Å²) < 4.78 is 0. The summed E-state index contributed by atoms with van der Waals surface area (Å²) >= 11 is 0. The average molecular weight is 716 g/mol. The Morgan fingerprint density at radius 2 is 1.46 bits per heavy atom. The van der Waals surface area contributed by atoms with Crippen LogP contribution in [-0.4, -0.2) is 143 Å². The molecule has 1 rings (SSSR count). The minimum Gasteiger partial charge on any atom is -0.481 e. The molecule has 6 amide bonds. The maximum absolute atomic E-state index is 13.3. The van der Waals surface area contributed by atoms with Crippen LogP contribution in [0.15, 0.2) is 4.99 Å². The number of carboxylic acids is 2. The standard InChI is InChI=1S/C28H49N11O11/c29-8-2-1-5-16(27(49)50)37-25(47)19-7-4-10-39(19)26(48)18(14-40)38-24(46)17(11-22(43)44)36-21(42)13-34-23(45)15(35-20(41)12-30)6-3-9-33-28(31)32/h15-19,40H,1-14,29-30H2,(H,34,45)(H,35,41)(H,36,42)(H,37,47)(H,38,46)(H,43,44)(H,49,50)(H4,31,32,33)/t15-,16+,17+,18+,19+/m0/s1. The van der Waals surface area contributed by atoms with Crippen molar-refractivity contribution in [3.8, 4) is 0 Å². The number of aliphatic hydroxyl groups excluding tert-OH is 1. The van der Waals surface area contributed by atoms with Crippen LogP contribution >= 0.6 is 0 Å². The van der Waals surface area contributed by atoms with E-state index in [4.69, 9.17) is 22.9 Å². The Bertz CT molecular complexity index is 1250. The molecule has 0 spiro atoms. The van der Waals surface area contributed by atoms with Gasteiger partial charge < -0.3 is 69.7 Å². The lowest BCUT2D eigenvalue weighted by molar-refractivity contribution is -0.145. The van der Waals surface area contributed by atoms with Crippen molar-refractivity contribution in [3.63, 3.8) is 0 Å². The molecule has 0 saturated carbocycles. The summed E-state index contributed by atoms with van der Waals surface area (Å²) in [4.78, 5) is 104. The second-order valence-electron chi connectivity index (χ2n) is 11.3. The molecule has 282 valence electrons. The smallest absolute Gasteiger partial charge is 0.326 e. The van der Waals surface area contributed by atoms with Gasteiger partial charge in [0, 0.05) is 13.1 Å². The van der Waals surface area contributed by atoms with E-state index < -0.39 is 104 Å². The number of hydrogen-bond donors (Lipinski definition) is 12. The summed E-state index contributed by atoms with van der Waals surface area (Å²) in [5, 5.41) is 40.2. The summed E-state index contributed by atoms with van der Waals surface area (Å²) in [5.74, 6) is -8.23. The van der Waals surface area contributed by atoms with E-state index in [2.05, 4.69) is 31.6 Å². The Labute approximate surface area is 287 Å². The number of carbonyl (C=O) groups is 8. The van der Waals surface area contributed by atoms with Gasteiger partial charge in [-0.15, -0.1) is 0 Å². The fraction of sp³-hybridized carbons (Fsp3) is 0.679. The summed E-state index contributed by atoms with van der Waals surface area (Å²) in [6, 6.07) is -6.89. The third-order valence-corrected chi connectivity index (χ3v) is 7.43. The van der Waals surface area contributed by atoms with Gasteiger partial charge in [0.25, 0.3) is 0 Å². The number of hydrogen-bond acceptors (Lipinski definition) is 12. The van der Waals surface area contributed by atoms with Gasteiger partial charge in [-0.05, 0) is 51.5 Å². The number of rotatable bonds is 23. The quantitative estimate of drug-likeness (QED) is 0.0266. The lowest BCUT2D eigenvalue weighted by atomic mass is 10.1. The molecule has 1 heterocycles. The van der Waals surface area contributed by atoms with Crippen molar-refractivity contribution >= 4 is 53.3 Å². The van der Waals surface area contributed by atoms with Gasteiger partial charge in [0.1, 0.15) is 30.2 Å². The van der Waals surface area contributed by atoms with E-state index in [9.17, 15) is 53.7 Å². The number of aliphatic carboxylic acids is 2. The second kappa shape index (κ2) is 22.5. The lowest BCUT2D eigenvalue weighted by Gasteiger charge is -2.29. The molecule has 50 heavy (non-hydrogen) atoms. The lowest BCUT2D eigenvalue weighted by Crippen LogP contribution is -2.59. The molecule has 0 aromatic heterocycles. The molecule has 0 unspecified atom stereocenters. The number of carboxylic acid groups (broad SMARTS) is 2. The number of nitrogens with one attached hydrogen (secondary N) is 5. The SMILES string of the molecule is NCCCC[C@@H](NC(=O)[C@H]1CCCN1C(=O)[C@@H](CO)NC(=O)[C@@H](CC(=O)O)NC(=O)CNC(=O)[C@H](CCCN=C(N)N)NC(=O)CN)C(=O)O. The first kappa shape index (κ1) is 42.9. The first-order valence-corrected chi connectivity index (χ1v) is 15.9. The molecular weight excluding hydrogens is 666 g/mol. The number of amides is 6. The van der Waals surface area contributed by atoms with E-state index in [-0.39, 0.29) is 44.7 Å². The zero-order valence-corrected chi connectivity index (χ0v) is 27.6. The molecule has 5 atom stereocenters. The number of likely N-dealkylation sites (tertiary alicyclic amines) is 1. The molecule has 0 bridgehead atoms. The highest BCUT2D eigenvalue weighted by Crippen LogP contribution is 2.19. The van der Waals surface area contributed by atoms with Crippen LogP contribution in [0.4, 0.5) is 0 Å². The molecular formula is C28H49N11O11. The van der Waals surface area contributed by atoms with Crippen LogP contribution in [0.5, 0.6) is 0 Å². The van der Waals surface area contributed by atoms with Crippen LogP contribution in [-0.2, 0) is 38.4 Å². The van der Waals surface area contributed by atoms with E-state index >= 15 is 0 Å². The van der Waals surface area contributed by atoms with Gasteiger partial charge >= 0.3 is 11.9 Å². The molecule has 0 aliphatic carbocycles. The zero-order chi connectivity index (χ0) is 37.8. The van der Waals surface area contributed by atoms with Crippen LogP contribution in [0, 0.1) is 0 Å². The molecule has 1 aliphatic rings. The van der Waals surface area contributed by atoms with E-state index in [1.54, 1.807) is 0 Å². The molecule has 22 heteroatoms. The van der Waals surface area contributed by atoms with Gasteiger partial charge in [0.2, 0.25) is 35.4 Å². The number of guanidine groups is 1. The fourth-order valence-corrected chi connectivity index (χ4v) is 4.92. The first-order chi connectivity index (χ1) is 23.6. The Morgan fingerprint density at radius 1 is 0.800 bits per heavy atom. The van der Waals surface area contributed by atoms with Crippen LogP contribution in [0.2, 0.25) is 0 Å². The molecule has 22 nitrogen and oxygen atoms in total. The second-order valence-corrected chi connectivity index (χ2v) is 11.3. The Morgan fingerprint density at radius 3 is 2.04 bits per heavy atom. The van der Waals surface area contributed by atoms with Gasteiger partial charge in [0.05, 0.1) is 26.1 Å². The number of carbonyl (C=O) groups excluding carboxylic acids is 6. The molecule has 1 fully saturated rings. The normalized spacial score (nSPS) is 16.1. The van der Waals surface area contributed by atoms with Gasteiger partial charge in [-0.1, -0.05) is 0 Å². The van der Waals surface area contributed by atoms with Crippen LogP contribution in [0.3, 0.4) is 0 Å². The Kier molecular flexibility index (Phi) is 19.3. The Hall–Kier alpha value is -5.09. The average Bonchev–Trinajstić information content (AvgIpc) is 3.56. The highest BCUT2D eigenvalue weighted by molar-refractivity contribution is 5.97. The van der Waals surface area contributed by atoms with E-state index in [0.29, 0.717) is 25.8 Å². The fourth-order valence-electron chi connectivity index (χ4n) is 4.92. The van der Waals surface area contributed by atoms with E-state index in [0.717, 1.165) is 4.90 Å². The van der Waals surface area contributed by atoms with Gasteiger partial charge in [-0.3, -0.25) is 38.6 Å².